The molecule has 3 N–H and O–H groups in total. The predicted octanol–water partition coefficient (Wildman–Crippen LogP) is 0.448. The van der Waals surface area contributed by atoms with Gasteiger partial charge in [-0.1, -0.05) is 0 Å². The van der Waals surface area contributed by atoms with Gasteiger partial charge in [0.15, 0.2) is 0 Å². The van der Waals surface area contributed by atoms with E-state index in [0.29, 0.717) is 12.2 Å². The highest BCUT2D eigenvalue weighted by molar-refractivity contribution is 7.89. The zero-order valence-electron chi connectivity index (χ0n) is 12.1. The third-order valence-electron chi connectivity index (χ3n) is 2.56. The summed E-state index contributed by atoms with van der Waals surface area (Å²) in [5.74, 6) is -0.635. The second kappa shape index (κ2) is 7.19. The molecule has 1 aromatic rings. The average Bonchev–Trinajstić information content (AvgIpc) is 2.38. The fraction of sp³-hybridized carbons (Fsp3) is 0.385. The van der Waals surface area contributed by atoms with Gasteiger partial charge in [0.1, 0.15) is 0 Å². The summed E-state index contributed by atoms with van der Waals surface area (Å²) in [5.41, 5.74) is 0.498. The lowest BCUT2D eigenvalue weighted by atomic mass is 10.3. The molecule has 0 saturated carbocycles. The molecule has 7 nitrogen and oxygen atoms in total. The first-order valence-corrected chi connectivity index (χ1v) is 7.92. The second-order valence-corrected chi connectivity index (χ2v) is 6.16. The summed E-state index contributed by atoms with van der Waals surface area (Å²) in [7, 11) is -3.79. The van der Waals surface area contributed by atoms with Crippen molar-refractivity contribution < 1.29 is 18.0 Å². The van der Waals surface area contributed by atoms with E-state index in [0.717, 1.165) is 0 Å². The lowest BCUT2D eigenvalue weighted by Gasteiger charge is -2.14. The second-order valence-electron chi connectivity index (χ2n) is 4.44. The molecule has 0 heterocycles. The van der Waals surface area contributed by atoms with Crippen molar-refractivity contribution in [3.63, 3.8) is 0 Å². The van der Waals surface area contributed by atoms with Crippen molar-refractivity contribution in [2.75, 3.05) is 11.9 Å². The van der Waals surface area contributed by atoms with Crippen LogP contribution in [0, 0.1) is 0 Å². The number of hydrogen-bond acceptors (Lipinski definition) is 4. The van der Waals surface area contributed by atoms with Crippen molar-refractivity contribution in [1.29, 1.82) is 0 Å². The number of likely N-dealkylation sites (N-methyl/N-ethyl adjacent to an activating group) is 1. The van der Waals surface area contributed by atoms with Gasteiger partial charge in [0.05, 0.1) is 10.9 Å². The monoisotopic (exact) mass is 313 g/mol. The first kappa shape index (κ1) is 17.1. The summed E-state index contributed by atoms with van der Waals surface area (Å²) >= 11 is 0. The Morgan fingerprint density at radius 2 is 1.76 bits per heavy atom. The molecule has 1 aromatic carbocycles. The molecule has 2 amide bonds. The molecule has 0 saturated heterocycles. The van der Waals surface area contributed by atoms with Crippen molar-refractivity contribution in [1.82, 2.24) is 10.0 Å². The molecule has 0 aromatic heterocycles. The maximum Gasteiger partial charge on any atom is 0.241 e. The summed E-state index contributed by atoms with van der Waals surface area (Å²) in [6.07, 6.45) is 0. The van der Waals surface area contributed by atoms with Crippen LogP contribution in [0.2, 0.25) is 0 Å². The Kier molecular flexibility index (Phi) is 5.86. The van der Waals surface area contributed by atoms with Gasteiger partial charge in [-0.3, -0.25) is 9.59 Å². The van der Waals surface area contributed by atoms with Gasteiger partial charge in [-0.05, 0) is 38.1 Å². The molecular weight excluding hydrogens is 294 g/mol. The highest BCUT2D eigenvalue weighted by Gasteiger charge is 2.21. The fourth-order valence-corrected chi connectivity index (χ4v) is 2.81. The third-order valence-corrected chi connectivity index (χ3v) is 4.12. The predicted molar refractivity (Wildman–Crippen MR) is 79.2 cm³/mol. The number of benzene rings is 1. The van der Waals surface area contributed by atoms with Crippen LogP contribution in [-0.4, -0.2) is 32.8 Å². The van der Waals surface area contributed by atoms with Gasteiger partial charge in [-0.25, -0.2) is 8.42 Å². The van der Waals surface area contributed by atoms with Crippen molar-refractivity contribution in [2.24, 2.45) is 0 Å². The molecule has 8 heteroatoms. The van der Waals surface area contributed by atoms with Crippen LogP contribution in [0.15, 0.2) is 29.2 Å². The summed E-state index contributed by atoms with van der Waals surface area (Å²) in [5, 5.41) is 5.08. The lowest BCUT2D eigenvalue weighted by Crippen LogP contribution is -2.44. The Morgan fingerprint density at radius 3 is 2.24 bits per heavy atom. The quantitative estimate of drug-likeness (QED) is 0.709. The van der Waals surface area contributed by atoms with Gasteiger partial charge in [0.25, 0.3) is 0 Å². The van der Waals surface area contributed by atoms with Gasteiger partial charge in [-0.15, -0.1) is 0 Å². The molecule has 0 radical (unpaired) electrons. The number of sulfonamides is 1. The Hall–Kier alpha value is -1.93. The first-order valence-electron chi connectivity index (χ1n) is 6.44. The maximum atomic E-state index is 12.1. The zero-order valence-corrected chi connectivity index (χ0v) is 13.0. The van der Waals surface area contributed by atoms with Crippen LogP contribution in [-0.2, 0) is 19.6 Å². The summed E-state index contributed by atoms with van der Waals surface area (Å²) in [6, 6.07) is 4.81. The van der Waals surface area contributed by atoms with Crippen molar-refractivity contribution in [3.05, 3.63) is 24.3 Å². The number of carbonyl (C=O) groups is 2. The van der Waals surface area contributed by atoms with Gasteiger partial charge < -0.3 is 10.6 Å². The molecule has 0 fully saturated rings. The molecular formula is C13H19N3O4S. The smallest absolute Gasteiger partial charge is 0.241 e. The molecule has 0 bridgehead atoms. The van der Waals surface area contributed by atoms with E-state index in [9.17, 15) is 18.0 Å². The topological polar surface area (TPSA) is 104 Å². The molecule has 0 spiro atoms. The Labute approximate surface area is 124 Å². The number of nitrogens with one attached hydrogen (secondary N) is 3. The van der Waals surface area contributed by atoms with Crippen LogP contribution >= 0.6 is 0 Å². The fourth-order valence-electron chi connectivity index (χ4n) is 1.60. The lowest BCUT2D eigenvalue weighted by molar-refractivity contribution is -0.122. The minimum atomic E-state index is -3.79. The summed E-state index contributed by atoms with van der Waals surface area (Å²) in [4.78, 5) is 22.5. The summed E-state index contributed by atoms with van der Waals surface area (Å²) in [6.45, 7) is 5.00. The van der Waals surface area contributed by atoms with Gasteiger partial charge in [0, 0.05) is 19.2 Å². The van der Waals surface area contributed by atoms with Crippen LogP contribution in [0.3, 0.4) is 0 Å². The highest BCUT2D eigenvalue weighted by atomic mass is 32.2. The highest BCUT2D eigenvalue weighted by Crippen LogP contribution is 2.14. The third kappa shape index (κ3) is 5.16. The van der Waals surface area contributed by atoms with Crippen LogP contribution in [0.5, 0.6) is 0 Å². The van der Waals surface area contributed by atoms with Crippen LogP contribution < -0.4 is 15.4 Å². The number of hydrogen-bond donors (Lipinski definition) is 3. The SMILES string of the molecule is CCNC(=O)[C@H](C)NS(=O)(=O)c1ccc(NC(C)=O)cc1. The van der Waals surface area contributed by atoms with Crippen LogP contribution in [0.1, 0.15) is 20.8 Å². The summed E-state index contributed by atoms with van der Waals surface area (Å²) < 4.78 is 26.5. The minimum Gasteiger partial charge on any atom is -0.355 e. The Balaban J connectivity index is 2.83. The van der Waals surface area contributed by atoms with Crippen LogP contribution in [0.25, 0.3) is 0 Å². The largest absolute Gasteiger partial charge is 0.355 e. The maximum absolute atomic E-state index is 12.1. The van der Waals surface area contributed by atoms with Crippen molar-refractivity contribution in [3.8, 4) is 0 Å². The zero-order chi connectivity index (χ0) is 16.0. The van der Waals surface area contributed by atoms with E-state index >= 15 is 0 Å². The van der Waals surface area contributed by atoms with E-state index in [2.05, 4.69) is 15.4 Å². The molecule has 1 rings (SSSR count). The molecule has 116 valence electrons. The van der Waals surface area contributed by atoms with E-state index in [-0.39, 0.29) is 10.8 Å². The number of carbonyl (C=O) groups excluding carboxylic acids is 2. The van der Waals surface area contributed by atoms with Crippen molar-refractivity contribution in [2.45, 2.75) is 31.7 Å². The molecule has 0 aliphatic carbocycles. The van der Waals surface area contributed by atoms with E-state index in [1.807, 2.05) is 0 Å². The van der Waals surface area contributed by atoms with E-state index in [1.54, 1.807) is 6.92 Å². The van der Waals surface area contributed by atoms with Gasteiger partial charge in [-0.2, -0.15) is 4.72 Å². The van der Waals surface area contributed by atoms with E-state index < -0.39 is 22.0 Å². The number of anilines is 1. The molecule has 0 aliphatic heterocycles. The van der Waals surface area contributed by atoms with Crippen LogP contribution in [0.4, 0.5) is 5.69 Å². The van der Waals surface area contributed by atoms with Gasteiger partial charge in [0.2, 0.25) is 21.8 Å². The minimum absolute atomic E-state index is 0.0211. The molecule has 21 heavy (non-hydrogen) atoms. The first-order chi connectivity index (χ1) is 9.76. The number of rotatable bonds is 6. The van der Waals surface area contributed by atoms with Gasteiger partial charge >= 0.3 is 0 Å². The standard InChI is InChI=1S/C13H19N3O4S/c1-4-14-13(18)9(2)16-21(19,20)12-7-5-11(6-8-12)15-10(3)17/h5-9,16H,4H2,1-3H3,(H,14,18)(H,15,17)/t9-/m0/s1. The molecule has 1 atom stereocenters. The average molecular weight is 313 g/mol. The van der Waals surface area contributed by atoms with E-state index in [1.165, 1.54) is 38.1 Å². The Morgan fingerprint density at radius 1 is 1.19 bits per heavy atom. The number of amides is 2. The molecule has 0 aliphatic rings. The molecule has 0 unspecified atom stereocenters. The Bertz CT molecular complexity index is 611. The van der Waals surface area contributed by atoms with E-state index in [4.69, 9.17) is 0 Å². The van der Waals surface area contributed by atoms with Crippen molar-refractivity contribution >= 4 is 27.5 Å². The normalized spacial score (nSPS) is 12.5.